The van der Waals surface area contributed by atoms with Gasteiger partial charge in [0, 0.05) is 29.1 Å². The van der Waals surface area contributed by atoms with Crippen LogP contribution in [0.15, 0.2) is 18.2 Å². The molecule has 0 radical (unpaired) electrons. The Morgan fingerprint density at radius 3 is 2.52 bits per heavy atom. The Morgan fingerprint density at radius 2 is 1.95 bits per heavy atom. The summed E-state index contributed by atoms with van der Waals surface area (Å²) in [4.78, 5) is 11.9. The number of rotatable bonds is 5. The SMILES string of the molecule is Cl.N[C@@H]1CCC[C@H]1CC(=O)NCCc1c(Cl)cccc1Cl. The summed E-state index contributed by atoms with van der Waals surface area (Å²) >= 11 is 12.2. The molecule has 1 aromatic carbocycles. The lowest BCUT2D eigenvalue weighted by Crippen LogP contribution is -2.32. The number of carbonyl (C=O) groups is 1. The number of nitrogens with one attached hydrogen (secondary N) is 1. The minimum absolute atomic E-state index is 0. The molecule has 6 heteroatoms. The van der Waals surface area contributed by atoms with Crippen LogP contribution >= 0.6 is 35.6 Å². The Labute approximate surface area is 142 Å². The van der Waals surface area contributed by atoms with Crippen LogP contribution in [-0.2, 0) is 11.2 Å². The molecule has 118 valence electrons. The van der Waals surface area contributed by atoms with E-state index in [2.05, 4.69) is 5.32 Å². The molecule has 0 saturated heterocycles. The first-order valence-electron chi connectivity index (χ1n) is 7.03. The molecule has 0 bridgehead atoms. The molecule has 0 aliphatic heterocycles. The van der Waals surface area contributed by atoms with Crippen molar-refractivity contribution in [1.82, 2.24) is 5.32 Å². The first-order valence-corrected chi connectivity index (χ1v) is 7.78. The summed E-state index contributed by atoms with van der Waals surface area (Å²) in [5.74, 6) is 0.398. The third kappa shape index (κ3) is 5.33. The van der Waals surface area contributed by atoms with Crippen LogP contribution in [0.4, 0.5) is 0 Å². The number of amides is 1. The highest BCUT2D eigenvalue weighted by atomic mass is 35.5. The fourth-order valence-corrected chi connectivity index (χ4v) is 3.31. The molecule has 1 aliphatic carbocycles. The second-order valence-electron chi connectivity index (χ2n) is 5.36. The number of nitrogens with two attached hydrogens (primary N) is 1. The average molecular weight is 352 g/mol. The van der Waals surface area contributed by atoms with Crippen LogP contribution in [0.3, 0.4) is 0 Å². The Morgan fingerprint density at radius 1 is 1.29 bits per heavy atom. The molecule has 2 atom stereocenters. The Balaban J connectivity index is 0.00000220. The summed E-state index contributed by atoms with van der Waals surface area (Å²) in [5, 5.41) is 4.21. The number of hydrogen-bond donors (Lipinski definition) is 2. The zero-order chi connectivity index (χ0) is 14.5. The molecule has 0 heterocycles. The smallest absolute Gasteiger partial charge is 0.220 e. The highest BCUT2D eigenvalue weighted by Gasteiger charge is 2.25. The van der Waals surface area contributed by atoms with Gasteiger partial charge in [-0.25, -0.2) is 0 Å². The van der Waals surface area contributed by atoms with E-state index in [0.717, 1.165) is 24.8 Å². The number of benzene rings is 1. The molecular formula is C15H21Cl3N2O. The molecule has 1 aliphatic rings. The summed E-state index contributed by atoms with van der Waals surface area (Å²) < 4.78 is 0. The Kier molecular flexibility index (Phi) is 7.82. The van der Waals surface area contributed by atoms with E-state index < -0.39 is 0 Å². The highest BCUT2D eigenvalue weighted by Crippen LogP contribution is 2.27. The molecule has 0 aromatic heterocycles. The van der Waals surface area contributed by atoms with Crippen molar-refractivity contribution in [2.24, 2.45) is 11.7 Å². The van der Waals surface area contributed by atoms with Crippen molar-refractivity contribution in [2.45, 2.75) is 38.1 Å². The zero-order valence-corrected chi connectivity index (χ0v) is 14.1. The molecule has 1 amide bonds. The first kappa shape index (κ1) is 18.6. The van der Waals surface area contributed by atoms with Gasteiger partial charge in [0.15, 0.2) is 0 Å². The highest BCUT2D eigenvalue weighted by molar-refractivity contribution is 6.35. The summed E-state index contributed by atoms with van der Waals surface area (Å²) in [6.07, 6.45) is 4.39. The van der Waals surface area contributed by atoms with Gasteiger partial charge >= 0.3 is 0 Å². The molecule has 2 rings (SSSR count). The first-order chi connectivity index (χ1) is 9.58. The van der Waals surface area contributed by atoms with Gasteiger partial charge in [-0.3, -0.25) is 4.79 Å². The fourth-order valence-electron chi connectivity index (χ4n) is 2.73. The molecule has 1 saturated carbocycles. The van der Waals surface area contributed by atoms with Gasteiger partial charge in [0.05, 0.1) is 0 Å². The molecule has 0 unspecified atom stereocenters. The largest absolute Gasteiger partial charge is 0.356 e. The van der Waals surface area contributed by atoms with Gasteiger partial charge in [0.2, 0.25) is 5.91 Å². The standard InChI is InChI=1S/C15H20Cl2N2O.ClH/c16-12-4-2-5-13(17)11(12)7-8-19-15(20)9-10-3-1-6-14(10)18;/h2,4-5,10,14H,1,3,6-9,18H2,(H,19,20);1H/t10-,14+;/m0./s1. The molecule has 3 N–H and O–H groups in total. The van der Waals surface area contributed by atoms with Crippen LogP contribution < -0.4 is 11.1 Å². The third-order valence-electron chi connectivity index (χ3n) is 3.92. The Hall–Kier alpha value is -0.480. The number of carbonyl (C=O) groups excluding carboxylic acids is 1. The summed E-state index contributed by atoms with van der Waals surface area (Å²) in [6, 6.07) is 5.61. The predicted molar refractivity (Wildman–Crippen MR) is 90.4 cm³/mol. The van der Waals surface area contributed by atoms with Crippen LogP contribution in [0, 0.1) is 5.92 Å². The molecule has 3 nitrogen and oxygen atoms in total. The number of halogens is 3. The van der Waals surface area contributed by atoms with Crippen molar-refractivity contribution >= 4 is 41.5 Å². The fraction of sp³-hybridized carbons (Fsp3) is 0.533. The molecular weight excluding hydrogens is 331 g/mol. The van der Waals surface area contributed by atoms with Gasteiger partial charge in [-0.05, 0) is 42.9 Å². The van der Waals surface area contributed by atoms with E-state index in [9.17, 15) is 4.79 Å². The van der Waals surface area contributed by atoms with Crippen LogP contribution in [0.2, 0.25) is 10.0 Å². The quantitative estimate of drug-likeness (QED) is 0.851. The van der Waals surface area contributed by atoms with Crippen molar-refractivity contribution in [3.63, 3.8) is 0 Å². The van der Waals surface area contributed by atoms with Crippen molar-refractivity contribution in [3.8, 4) is 0 Å². The normalized spacial score (nSPS) is 20.9. The number of hydrogen-bond acceptors (Lipinski definition) is 2. The maximum absolute atomic E-state index is 11.9. The van der Waals surface area contributed by atoms with Crippen molar-refractivity contribution in [1.29, 1.82) is 0 Å². The predicted octanol–water partition coefficient (Wildman–Crippen LogP) is 3.59. The Bertz CT molecular complexity index is 462. The van der Waals surface area contributed by atoms with E-state index in [1.54, 1.807) is 0 Å². The maximum atomic E-state index is 11.9. The van der Waals surface area contributed by atoms with E-state index in [-0.39, 0.29) is 24.4 Å². The van der Waals surface area contributed by atoms with Crippen molar-refractivity contribution < 1.29 is 4.79 Å². The van der Waals surface area contributed by atoms with Gasteiger partial charge < -0.3 is 11.1 Å². The van der Waals surface area contributed by atoms with Crippen molar-refractivity contribution in [2.75, 3.05) is 6.54 Å². The van der Waals surface area contributed by atoms with Gasteiger partial charge in [-0.1, -0.05) is 35.7 Å². The van der Waals surface area contributed by atoms with E-state index in [0.29, 0.717) is 35.3 Å². The van der Waals surface area contributed by atoms with Crippen LogP contribution in [-0.4, -0.2) is 18.5 Å². The lowest BCUT2D eigenvalue weighted by Gasteiger charge is -2.15. The lowest BCUT2D eigenvalue weighted by molar-refractivity contribution is -0.122. The average Bonchev–Trinajstić information content (AvgIpc) is 2.79. The maximum Gasteiger partial charge on any atom is 0.220 e. The monoisotopic (exact) mass is 350 g/mol. The summed E-state index contributed by atoms with van der Waals surface area (Å²) in [5.41, 5.74) is 6.85. The van der Waals surface area contributed by atoms with E-state index in [1.807, 2.05) is 18.2 Å². The van der Waals surface area contributed by atoms with Crippen molar-refractivity contribution in [3.05, 3.63) is 33.8 Å². The van der Waals surface area contributed by atoms with Gasteiger partial charge in [0.1, 0.15) is 0 Å². The molecule has 0 spiro atoms. The second-order valence-corrected chi connectivity index (χ2v) is 6.17. The van der Waals surface area contributed by atoms with E-state index >= 15 is 0 Å². The molecule has 1 fully saturated rings. The second kappa shape index (κ2) is 8.84. The zero-order valence-electron chi connectivity index (χ0n) is 11.8. The summed E-state index contributed by atoms with van der Waals surface area (Å²) in [7, 11) is 0. The third-order valence-corrected chi connectivity index (χ3v) is 4.63. The minimum Gasteiger partial charge on any atom is -0.356 e. The molecule has 1 aromatic rings. The molecule has 21 heavy (non-hydrogen) atoms. The van der Waals surface area contributed by atoms with Gasteiger partial charge in [0.25, 0.3) is 0 Å². The van der Waals surface area contributed by atoms with Gasteiger partial charge in [-0.2, -0.15) is 0 Å². The summed E-state index contributed by atoms with van der Waals surface area (Å²) in [6.45, 7) is 0.546. The topological polar surface area (TPSA) is 55.1 Å². The van der Waals surface area contributed by atoms with Crippen LogP contribution in [0.1, 0.15) is 31.2 Å². The van der Waals surface area contributed by atoms with E-state index in [1.165, 1.54) is 0 Å². The van der Waals surface area contributed by atoms with Crippen LogP contribution in [0.25, 0.3) is 0 Å². The van der Waals surface area contributed by atoms with E-state index in [4.69, 9.17) is 28.9 Å². The van der Waals surface area contributed by atoms with Crippen LogP contribution in [0.5, 0.6) is 0 Å². The van der Waals surface area contributed by atoms with Gasteiger partial charge in [-0.15, -0.1) is 12.4 Å². The minimum atomic E-state index is 0. The lowest BCUT2D eigenvalue weighted by atomic mass is 10.00.